The molecule has 0 radical (unpaired) electrons. The molecule has 2 aliphatic rings. The van der Waals surface area contributed by atoms with E-state index in [2.05, 4.69) is 23.8 Å². The molecule has 3 heteroatoms. The normalized spacial score (nSPS) is 34.8. The molecule has 17 heavy (non-hydrogen) atoms. The van der Waals surface area contributed by atoms with Crippen molar-refractivity contribution >= 4 is 0 Å². The van der Waals surface area contributed by atoms with Crippen LogP contribution in [0.3, 0.4) is 0 Å². The van der Waals surface area contributed by atoms with Gasteiger partial charge in [-0.1, -0.05) is 26.2 Å². The second kappa shape index (κ2) is 6.17. The van der Waals surface area contributed by atoms with Crippen LogP contribution in [-0.4, -0.2) is 55.1 Å². The van der Waals surface area contributed by atoms with Gasteiger partial charge in [0.05, 0.1) is 0 Å². The Bertz CT molecular complexity index is 226. The molecule has 1 heterocycles. The highest BCUT2D eigenvalue weighted by atomic mass is 15.3. The maximum Gasteiger partial charge on any atom is 0.0348 e. The van der Waals surface area contributed by atoms with Gasteiger partial charge in [-0.05, 0) is 25.8 Å². The summed E-state index contributed by atoms with van der Waals surface area (Å²) in [4.78, 5) is 5.21. The van der Waals surface area contributed by atoms with Crippen LogP contribution in [0.5, 0.6) is 0 Å². The van der Waals surface area contributed by atoms with Gasteiger partial charge < -0.3 is 10.6 Å². The van der Waals surface area contributed by atoms with E-state index in [0.29, 0.717) is 6.04 Å². The first-order valence-electron chi connectivity index (χ1n) is 7.35. The van der Waals surface area contributed by atoms with Crippen LogP contribution < -0.4 is 5.73 Å². The molecule has 2 unspecified atom stereocenters. The fraction of sp³-hybridized carbons (Fsp3) is 1.00. The smallest absolute Gasteiger partial charge is 0.0348 e. The minimum atomic E-state index is 0.577. The topological polar surface area (TPSA) is 32.5 Å². The Labute approximate surface area is 106 Å². The van der Waals surface area contributed by atoms with Gasteiger partial charge >= 0.3 is 0 Å². The lowest BCUT2D eigenvalue weighted by molar-refractivity contribution is 0.100. The molecule has 2 rings (SSSR count). The van der Waals surface area contributed by atoms with Crippen LogP contribution in [-0.2, 0) is 0 Å². The first-order valence-corrected chi connectivity index (χ1v) is 7.35. The first kappa shape index (κ1) is 13.3. The van der Waals surface area contributed by atoms with Crippen LogP contribution in [0, 0.1) is 5.92 Å². The second-order valence-corrected chi connectivity index (χ2v) is 6.20. The quantitative estimate of drug-likeness (QED) is 0.793. The van der Waals surface area contributed by atoms with Crippen LogP contribution in [0.4, 0.5) is 0 Å². The lowest BCUT2D eigenvalue weighted by Gasteiger charge is -2.39. The van der Waals surface area contributed by atoms with E-state index >= 15 is 0 Å². The van der Waals surface area contributed by atoms with E-state index in [4.69, 9.17) is 5.73 Å². The van der Waals surface area contributed by atoms with Gasteiger partial charge in [0, 0.05) is 38.3 Å². The van der Waals surface area contributed by atoms with Crippen molar-refractivity contribution in [3.05, 3.63) is 0 Å². The van der Waals surface area contributed by atoms with Crippen molar-refractivity contribution in [1.29, 1.82) is 0 Å². The van der Waals surface area contributed by atoms with Gasteiger partial charge in [-0.3, -0.25) is 4.90 Å². The summed E-state index contributed by atoms with van der Waals surface area (Å²) in [6, 6.07) is 1.39. The average molecular weight is 239 g/mol. The molecule has 0 aromatic rings. The van der Waals surface area contributed by atoms with Crippen LogP contribution in [0.2, 0.25) is 0 Å². The Morgan fingerprint density at radius 2 is 1.76 bits per heavy atom. The molecule has 0 bridgehead atoms. The summed E-state index contributed by atoms with van der Waals surface area (Å²) in [5, 5.41) is 0. The summed E-state index contributed by atoms with van der Waals surface area (Å²) < 4.78 is 0. The van der Waals surface area contributed by atoms with Crippen LogP contribution in [0.15, 0.2) is 0 Å². The van der Waals surface area contributed by atoms with Gasteiger partial charge in [0.25, 0.3) is 0 Å². The van der Waals surface area contributed by atoms with Crippen molar-refractivity contribution in [2.24, 2.45) is 11.7 Å². The molecule has 3 nitrogen and oxygen atoms in total. The predicted octanol–water partition coefficient (Wildman–Crippen LogP) is 1.53. The highest BCUT2D eigenvalue weighted by molar-refractivity contribution is 4.87. The summed E-state index contributed by atoms with van der Waals surface area (Å²) in [5.74, 6) is 0.776. The summed E-state index contributed by atoms with van der Waals surface area (Å²) >= 11 is 0. The third kappa shape index (κ3) is 3.43. The number of rotatable bonds is 2. The van der Waals surface area contributed by atoms with Gasteiger partial charge in [0.1, 0.15) is 0 Å². The summed E-state index contributed by atoms with van der Waals surface area (Å²) in [6.45, 7) is 6.81. The fourth-order valence-corrected chi connectivity index (χ4v) is 3.71. The van der Waals surface area contributed by atoms with Crippen molar-refractivity contribution in [2.75, 3.05) is 33.2 Å². The van der Waals surface area contributed by atoms with E-state index in [-0.39, 0.29) is 0 Å². The number of hydrogen-bond donors (Lipinski definition) is 1. The van der Waals surface area contributed by atoms with E-state index < -0.39 is 0 Å². The largest absolute Gasteiger partial charge is 0.329 e. The number of likely N-dealkylation sites (N-methyl/N-ethyl adjacent to an activating group) is 1. The molecule has 2 fully saturated rings. The Kier molecular flexibility index (Phi) is 4.83. The molecule has 0 aromatic heterocycles. The molecule has 1 saturated carbocycles. The third-order valence-electron chi connectivity index (χ3n) is 4.45. The lowest BCUT2D eigenvalue weighted by Crippen LogP contribution is -2.50. The average Bonchev–Trinajstić information content (AvgIpc) is 2.48. The maximum atomic E-state index is 6.01. The highest BCUT2D eigenvalue weighted by Gasteiger charge is 2.31. The molecule has 2 atom stereocenters. The molecular weight excluding hydrogens is 210 g/mol. The monoisotopic (exact) mass is 239 g/mol. The summed E-state index contributed by atoms with van der Waals surface area (Å²) in [6.07, 6.45) is 7.07. The Balaban J connectivity index is 2.04. The van der Waals surface area contributed by atoms with Gasteiger partial charge in [-0.25, -0.2) is 0 Å². The molecule has 0 amide bonds. The molecule has 0 spiro atoms. The van der Waals surface area contributed by atoms with Crippen molar-refractivity contribution in [2.45, 2.75) is 51.1 Å². The van der Waals surface area contributed by atoms with E-state index in [0.717, 1.165) is 25.0 Å². The van der Waals surface area contributed by atoms with Gasteiger partial charge in [0.15, 0.2) is 0 Å². The maximum absolute atomic E-state index is 6.01. The highest BCUT2D eigenvalue weighted by Crippen LogP contribution is 2.26. The van der Waals surface area contributed by atoms with E-state index in [1.165, 1.54) is 45.2 Å². The predicted molar refractivity (Wildman–Crippen MR) is 73.1 cm³/mol. The van der Waals surface area contributed by atoms with Crippen molar-refractivity contribution in [3.63, 3.8) is 0 Å². The van der Waals surface area contributed by atoms with Gasteiger partial charge in [-0.2, -0.15) is 0 Å². The zero-order valence-electron chi connectivity index (χ0n) is 11.6. The Morgan fingerprint density at radius 1 is 1.06 bits per heavy atom. The van der Waals surface area contributed by atoms with Crippen LogP contribution in [0.25, 0.3) is 0 Å². The molecule has 2 N–H and O–H groups in total. The zero-order valence-corrected chi connectivity index (χ0v) is 11.6. The van der Waals surface area contributed by atoms with Gasteiger partial charge in [-0.15, -0.1) is 0 Å². The van der Waals surface area contributed by atoms with Crippen LogP contribution >= 0.6 is 0 Å². The molecule has 1 aliphatic carbocycles. The zero-order chi connectivity index (χ0) is 12.3. The van der Waals surface area contributed by atoms with E-state index in [9.17, 15) is 0 Å². The minimum Gasteiger partial charge on any atom is -0.329 e. The Morgan fingerprint density at radius 3 is 2.41 bits per heavy atom. The number of hydrogen-bond acceptors (Lipinski definition) is 3. The standard InChI is InChI=1S/C14H29N3/c1-12-9-16(2)11-14(8-15)17(10-12)13-6-4-3-5-7-13/h12-14H,3-11,15H2,1-2H3. The second-order valence-electron chi connectivity index (χ2n) is 6.20. The minimum absolute atomic E-state index is 0.577. The van der Waals surface area contributed by atoms with Crippen LogP contribution in [0.1, 0.15) is 39.0 Å². The SMILES string of the molecule is CC1CN(C)CC(CN)N(C2CCCCC2)C1. The lowest BCUT2D eigenvalue weighted by atomic mass is 9.92. The molecule has 0 aromatic carbocycles. The van der Waals surface area contributed by atoms with E-state index in [1.54, 1.807) is 0 Å². The first-order chi connectivity index (χ1) is 8.20. The summed E-state index contributed by atoms with van der Waals surface area (Å²) in [7, 11) is 2.24. The van der Waals surface area contributed by atoms with Crippen molar-refractivity contribution < 1.29 is 0 Å². The summed E-state index contributed by atoms with van der Waals surface area (Å²) in [5.41, 5.74) is 6.01. The molecule has 100 valence electrons. The third-order valence-corrected chi connectivity index (χ3v) is 4.45. The molecule has 1 saturated heterocycles. The number of nitrogens with zero attached hydrogens (tertiary/aromatic N) is 2. The molecule has 1 aliphatic heterocycles. The van der Waals surface area contributed by atoms with E-state index in [1.807, 2.05) is 0 Å². The van der Waals surface area contributed by atoms with Crippen molar-refractivity contribution in [3.8, 4) is 0 Å². The van der Waals surface area contributed by atoms with Gasteiger partial charge in [0.2, 0.25) is 0 Å². The Hall–Kier alpha value is -0.120. The fourth-order valence-electron chi connectivity index (χ4n) is 3.71. The number of nitrogens with two attached hydrogens (primary N) is 1. The van der Waals surface area contributed by atoms with Crippen molar-refractivity contribution in [1.82, 2.24) is 9.80 Å². The molecular formula is C14H29N3.